The first-order valence-corrected chi connectivity index (χ1v) is 10.3. The summed E-state index contributed by atoms with van der Waals surface area (Å²) in [5.41, 5.74) is 2.29. The summed E-state index contributed by atoms with van der Waals surface area (Å²) >= 11 is 0. The van der Waals surface area contributed by atoms with Gasteiger partial charge in [0.25, 0.3) is 5.91 Å². The zero-order valence-corrected chi connectivity index (χ0v) is 17.2. The molecule has 1 aliphatic rings. The van der Waals surface area contributed by atoms with E-state index in [1.54, 1.807) is 0 Å². The summed E-state index contributed by atoms with van der Waals surface area (Å²) in [7, 11) is 1.44. The standard InChI is InChI=1S/C21H26N6O4/c1-22-20(30)17-15(28)16(29)21(31-17)27-12-26-14-18(24-11-25-19(14)27)23-10-6-5-9-13-7-3-2-4-8-13/h2-4,7-8,11-12,15-17,21,28-29H,5-6,9-10H2,1H3,(H,22,30)(H,23,24,25)/t15-,16+,17-,21+/m0/s1. The molecule has 4 N–H and O–H groups in total. The number of anilines is 1. The molecular formula is C21H26N6O4. The van der Waals surface area contributed by atoms with Crippen LogP contribution in [-0.2, 0) is 16.0 Å². The number of imidazole rings is 1. The lowest BCUT2D eigenvalue weighted by atomic mass is 10.1. The quantitative estimate of drug-likeness (QED) is 0.385. The van der Waals surface area contributed by atoms with E-state index in [-0.39, 0.29) is 0 Å². The van der Waals surface area contributed by atoms with Crippen LogP contribution in [0.3, 0.4) is 0 Å². The first kappa shape index (κ1) is 21.2. The maximum atomic E-state index is 11.9. The smallest absolute Gasteiger partial charge is 0.251 e. The van der Waals surface area contributed by atoms with Crippen LogP contribution in [-0.4, -0.2) is 67.5 Å². The molecule has 2 aromatic heterocycles. The van der Waals surface area contributed by atoms with Crippen LogP contribution in [0.1, 0.15) is 24.6 Å². The molecule has 1 fully saturated rings. The fraction of sp³-hybridized carbons (Fsp3) is 0.429. The third kappa shape index (κ3) is 4.36. The summed E-state index contributed by atoms with van der Waals surface area (Å²) in [4.78, 5) is 24.8. The van der Waals surface area contributed by atoms with Crippen LogP contribution in [0, 0.1) is 0 Å². The van der Waals surface area contributed by atoms with Crippen LogP contribution in [0.2, 0.25) is 0 Å². The van der Waals surface area contributed by atoms with Gasteiger partial charge in [-0.15, -0.1) is 0 Å². The van der Waals surface area contributed by atoms with E-state index in [2.05, 4.69) is 37.7 Å². The summed E-state index contributed by atoms with van der Waals surface area (Å²) in [5, 5.41) is 26.3. The van der Waals surface area contributed by atoms with E-state index in [4.69, 9.17) is 4.74 Å². The van der Waals surface area contributed by atoms with Crippen LogP contribution in [0.5, 0.6) is 0 Å². The Hall–Kier alpha value is -3.08. The van der Waals surface area contributed by atoms with Crippen molar-refractivity contribution in [2.75, 3.05) is 18.9 Å². The maximum absolute atomic E-state index is 11.9. The molecule has 3 heterocycles. The SMILES string of the molecule is CNC(=O)[C@H]1O[C@@H](n2cnc3c(NCCCCc4ccccc4)ncnc32)[C@H](O)[C@@H]1O. The van der Waals surface area contributed by atoms with Crippen molar-refractivity contribution in [1.82, 2.24) is 24.8 Å². The number of aromatic nitrogens is 4. The van der Waals surface area contributed by atoms with Crippen molar-refractivity contribution in [1.29, 1.82) is 0 Å². The molecule has 4 atom stereocenters. The number of unbranched alkanes of at least 4 members (excludes halogenated alkanes) is 1. The summed E-state index contributed by atoms with van der Waals surface area (Å²) in [6.45, 7) is 0.728. The minimum absolute atomic E-state index is 0.440. The summed E-state index contributed by atoms with van der Waals surface area (Å²) in [6.07, 6.45) is 1.07. The molecule has 1 aliphatic heterocycles. The summed E-state index contributed by atoms with van der Waals surface area (Å²) in [5.74, 6) is 0.0744. The van der Waals surface area contributed by atoms with Crippen molar-refractivity contribution in [3.05, 3.63) is 48.5 Å². The normalized spacial score (nSPS) is 23.2. The van der Waals surface area contributed by atoms with Crippen LogP contribution in [0.25, 0.3) is 11.2 Å². The van der Waals surface area contributed by atoms with Crippen molar-refractivity contribution in [3.63, 3.8) is 0 Å². The van der Waals surface area contributed by atoms with Crippen molar-refractivity contribution in [2.45, 2.75) is 43.8 Å². The van der Waals surface area contributed by atoms with Crippen LogP contribution < -0.4 is 10.6 Å². The molecule has 1 amide bonds. The van der Waals surface area contributed by atoms with E-state index in [9.17, 15) is 15.0 Å². The second kappa shape index (κ2) is 9.38. The minimum atomic E-state index is -1.36. The Bertz CT molecular complexity index is 1030. The van der Waals surface area contributed by atoms with Crippen molar-refractivity contribution >= 4 is 22.9 Å². The van der Waals surface area contributed by atoms with Gasteiger partial charge in [-0.05, 0) is 24.8 Å². The predicted molar refractivity (Wildman–Crippen MR) is 113 cm³/mol. The Morgan fingerprint density at radius 2 is 1.94 bits per heavy atom. The number of nitrogens with one attached hydrogen (secondary N) is 2. The Balaban J connectivity index is 1.42. The molecule has 0 aliphatic carbocycles. The Kier molecular flexibility index (Phi) is 6.40. The molecule has 10 heteroatoms. The van der Waals surface area contributed by atoms with Gasteiger partial charge in [-0.3, -0.25) is 9.36 Å². The van der Waals surface area contributed by atoms with E-state index in [0.29, 0.717) is 17.0 Å². The number of rotatable bonds is 8. The Labute approximate surface area is 179 Å². The number of hydrogen-bond acceptors (Lipinski definition) is 8. The van der Waals surface area contributed by atoms with E-state index >= 15 is 0 Å². The number of aliphatic hydroxyl groups is 2. The van der Waals surface area contributed by atoms with Gasteiger partial charge in [0.15, 0.2) is 29.3 Å². The first-order valence-electron chi connectivity index (χ1n) is 10.3. The number of ether oxygens (including phenoxy) is 1. The molecule has 10 nitrogen and oxygen atoms in total. The molecule has 1 saturated heterocycles. The number of aliphatic hydroxyl groups excluding tert-OH is 2. The average molecular weight is 426 g/mol. The Morgan fingerprint density at radius 3 is 2.71 bits per heavy atom. The molecule has 0 unspecified atom stereocenters. The van der Waals surface area contributed by atoms with E-state index < -0.39 is 30.4 Å². The largest absolute Gasteiger partial charge is 0.387 e. The van der Waals surface area contributed by atoms with Gasteiger partial charge in [0, 0.05) is 13.6 Å². The summed E-state index contributed by atoms with van der Waals surface area (Å²) in [6, 6.07) is 10.3. The second-order valence-electron chi connectivity index (χ2n) is 7.46. The molecule has 0 bridgehead atoms. The molecule has 0 spiro atoms. The molecule has 0 saturated carbocycles. The summed E-state index contributed by atoms with van der Waals surface area (Å²) < 4.78 is 7.12. The number of fused-ring (bicyclic) bond motifs is 1. The van der Waals surface area contributed by atoms with Gasteiger partial charge >= 0.3 is 0 Å². The zero-order chi connectivity index (χ0) is 21.8. The van der Waals surface area contributed by atoms with Crippen LogP contribution in [0.4, 0.5) is 5.82 Å². The van der Waals surface area contributed by atoms with E-state index in [1.807, 2.05) is 18.2 Å². The van der Waals surface area contributed by atoms with E-state index in [1.165, 1.54) is 29.8 Å². The number of likely N-dealkylation sites (N-methyl/N-ethyl adjacent to an activating group) is 1. The van der Waals surface area contributed by atoms with Gasteiger partial charge in [0.1, 0.15) is 18.5 Å². The molecule has 1 aromatic carbocycles. The minimum Gasteiger partial charge on any atom is -0.387 e. The number of amides is 1. The zero-order valence-electron chi connectivity index (χ0n) is 17.2. The monoisotopic (exact) mass is 426 g/mol. The number of benzene rings is 1. The second-order valence-corrected chi connectivity index (χ2v) is 7.46. The highest BCUT2D eigenvalue weighted by Gasteiger charge is 2.47. The number of carbonyl (C=O) groups excluding carboxylic acids is 1. The van der Waals surface area contributed by atoms with Gasteiger partial charge in [0.2, 0.25) is 0 Å². The predicted octanol–water partition coefficient (Wildman–Crippen LogP) is 0.626. The molecule has 3 aromatic rings. The maximum Gasteiger partial charge on any atom is 0.251 e. The Morgan fingerprint density at radius 1 is 1.13 bits per heavy atom. The highest BCUT2D eigenvalue weighted by atomic mass is 16.6. The molecule has 0 radical (unpaired) electrons. The fourth-order valence-electron chi connectivity index (χ4n) is 3.72. The van der Waals surface area contributed by atoms with Gasteiger partial charge in [-0.2, -0.15) is 0 Å². The molecule has 164 valence electrons. The van der Waals surface area contributed by atoms with Gasteiger partial charge < -0.3 is 25.6 Å². The van der Waals surface area contributed by atoms with Gasteiger partial charge in [0.05, 0.1) is 6.33 Å². The lowest BCUT2D eigenvalue weighted by Crippen LogP contribution is -2.41. The lowest BCUT2D eigenvalue weighted by Gasteiger charge is -2.16. The van der Waals surface area contributed by atoms with Crippen LogP contribution in [0.15, 0.2) is 43.0 Å². The number of nitrogens with zero attached hydrogens (tertiary/aromatic N) is 4. The average Bonchev–Trinajstić information content (AvgIpc) is 3.35. The van der Waals surface area contributed by atoms with Crippen molar-refractivity contribution < 1.29 is 19.7 Å². The molecule has 31 heavy (non-hydrogen) atoms. The highest BCUT2D eigenvalue weighted by Crippen LogP contribution is 2.32. The third-order valence-corrected chi connectivity index (χ3v) is 5.40. The fourth-order valence-corrected chi connectivity index (χ4v) is 3.72. The number of aryl methyl sites for hydroxylation is 1. The van der Waals surface area contributed by atoms with Crippen LogP contribution >= 0.6 is 0 Å². The van der Waals surface area contributed by atoms with Crippen molar-refractivity contribution in [2.24, 2.45) is 0 Å². The number of carbonyl (C=O) groups is 1. The van der Waals surface area contributed by atoms with Gasteiger partial charge in [-0.25, -0.2) is 15.0 Å². The molecule has 4 rings (SSSR count). The van der Waals surface area contributed by atoms with E-state index in [0.717, 1.165) is 25.8 Å². The first-order chi connectivity index (χ1) is 15.1. The van der Waals surface area contributed by atoms with Gasteiger partial charge in [-0.1, -0.05) is 30.3 Å². The topological polar surface area (TPSA) is 134 Å². The third-order valence-electron chi connectivity index (χ3n) is 5.40. The highest BCUT2D eigenvalue weighted by molar-refractivity contribution is 5.83. The molecular weight excluding hydrogens is 400 g/mol. The van der Waals surface area contributed by atoms with Crippen molar-refractivity contribution in [3.8, 4) is 0 Å². The lowest BCUT2D eigenvalue weighted by molar-refractivity contribution is -0.137. The number of hydrogen-bond donors (Lipinski definition) is 4.